The van der Waals surface area contributed by atoms with Crippen LogP contribution in [0.25, 0.3) is 0 Å². The smallest absolute Gasteiger partial charge is 0.271 e. The van der Waals surface area contributed by atoms with Gasteiger partial charge in [-0.15, -0.1) is 11.5 Å². The molecule has 0 atom stereocenters. The molecular weight excluding hydrogens is 156 g/mol. The summed E-state index contributed by atoms with van der Waals surface area (Å²) in [5.74, 6) is 2.03. The highest BCUT2D eigenvalue weighted by molar-refractivity contribution is 5.92. The van der Waals surface area contributed by atoms with Crippen molar-refractivity contribution in [2.75, 3.05) is 6.54 Å². The summed E-state index contributed by atoms with van der Waals surface area (Å²) < 4.78 is 1.38. The minimum absolute atomic E-state index is 0.212. The molecule has 0 aromatic carbocycles. The summed E-state index contributed by atoms with van der Waals surface area (Å²) >= 11 is 0. The third kappa shape index (κ3) is 1.61. The van der Waals surface area contributed by atoms with Gasteiger partial charge < -0.3 is 5.32 Å². The van der Waals surface area contributed by atoms with Gasteiger partial charge in [0.2, 0.25) is 0 Å². The number of nitrogens with zero attached hydrogens (tertiary/aromatic N) is 3. The molecule has 0 bridgehead atoms. The van der Waals surface area contributed by atoms with Gasteiger partial charge in [0.25, 0.3) is 5.91 Å². The van der Waals surface area contributed by atoms with Crippen LogP contribution in [-0.4, -0.2) is 27.4 Å². The average Bonchev–Trinajstić information content (AvgIpc) is 2.47. The van der Waals surface area contributed by atoms with Crippen molar-refractivity contribution in [3.05, 3.63) is 11.9 Å². The second-order valence-electron chi connectivity index (χ2n) is 2.13. The molecule has 62 valence electrons. The molecule has 0 saturated heterocycles. The molecule has 1 amide bonds. The van der Waals surface area contributed by atoms with Crippen LogP contribution in [0.5, 0.6) is 0 Å². The highest BCUT2D eigenvalue weighted by Crippen LogP contribution is 1.91. The largest absolute Gasteiger partial charge is 0.340 e. The maximum absolute atomic E-state index is 11.2. The fourth-order valence-corrected chi connectivity index (χ4v) is 0.717. The van der Waals surface area contributed by atoms with E-state index in [1.54, 1.807) is 7.05 Å². The monoisotopic (exact) mass is 164 g/mol. The summed E-state index contributed by atoms with van der Waals surface area (Å²) in [6, 6.07) is 0. The van der Waals surface area contributed by atoms with Crippen molar-refractivity contribution >= 4 is 5.91 Å². The van der Waals surface area contributed by atoms with Crippen molar-refractivity contribution in [3.8, 4) is 12.3 Å². The number of aromatic nitrogens is 3. The van der Waals surface area contributed by atoms with Crippen LogP contribution in [-0.2, 0) is 7.05 Å². The molecule has 1 aromatic heterocycles. The van der Waals surface area contributed by atoms with Gasteiger partial charge in [-0.3, -0.25) is 4.79 Å². The van der Waals surface area contributed by atoms with E-state index in [9.17, 15) is 4.79 Å². The summed E-state index contributed by atoms with van der Waals surface area (Å²) in [5.41, 5.74) is 0.394. The lowest BCUT2D eigenvalue weighted by molar-refractivity contribution is 0.0949. The standard InChI is InChI=1S/C7H8N4O/c1-3-4-8-7(12)6-5-9-10-11(6)2/h1,5H,4H2,2H3,(H,8,12). The Bertz CT molecular complexity index is 322. The van der Waals surface area contributed by atoms with Crippen LogP contribution >= 0.6 is 0 Å². The van der Waals surface area contributed by atoms with Crippen molar-refractivity contribution in [1.29, 1.82) is 0 Å². The van der Waals surface area contributed by atoms with Gasteiger partial charge in [0.05, 0.1) is 12.7 Å². The molecule has 12 heavy (non-hydrogen) atoms. The normalized spacial score (nSPS) is 9.00. The van der Waals surface area contributed by atoms with Gasteiger partial charge in [-0.2, -0.15) is 0 Å². The van der Waals surface area contributed by atoms with E-state index in [1.807, 2.05) is 0 Å². The second-order valence-corrected chi connectivity index (χ2v) is 2.13. The Kier molecular flexibility index (Phi) is 2.43. The van der Waals surface area contributed by atoms with Crippen molar-refractivity contribution in [1.82, 2.24) is 20.3 Å². The number of hydrogen-bond donors (Lipinski definition) is 1. The molecule has 1 aromatic rings. The molecule has 0 unspecified atom stereocenters. The van der Waals surface area contributed by atoms with E-state index >= 15 is 0 Å². The number of carbonyl (C=O) groups excluding carboxylic acids is 1. The molecule has 0 radical (unpaired) electrons. The van der Waals surface area contributed by atoms with Crippen LogP contribution in [0.15, 0.2) is 6.20 Å². The van der Waals surface area contributed by atoms with Crippen LogP contribution in [0, 0.1) is 12.3 Å². The highest BCUT2D eigenvalue weighted by Gasteiger charge is 2.08. The third-order valence-corrected chi connectivity index (χ3v) is 1.30. The first-order valence-corrected chi connectivity index (χ1v) is 3.32. The number of hydrogen-bond acceptors (Lipinski definition) is 3. The molecule has 1 heterocycles. The highest BCUT2D eigenvalue weighted by atomic mass is 16.2. The van der Waals surface area contributed by atoms with Gasteiger partial charge in [-0.1, -0.05) is 11.1 Å². The van der Waals surface area contributed by atoms with E-state index in [0.29, 0.717) is 5.69 Å². The lowest BCUT2D eigenvalue weighted by Crippen LogP contribution is -2.25. The van der Waals surface area contributed by atoms with Gasteiger partial charge in [-0.05, 0) is 0 Å². The maximum Gasteiger partial charge on any atom is 0.271 e. The van der Waals surface area contributed by atoms with Crippen molar-refractivity contribution in [2.45, 2.75) is 0 Å². The van der Waals surface area contributed by atoms with Gasteiger partial charge in [-0.25, -0.2) is 4.68 Å². The van der Waals surface area contributed by atoms with Gasteiger partial charge in [0.1, 0.15) is 5.69 Å². The first-order valence-electron chi connectivity index (χ1n) is 3.32. The number of amides is 1. The summed E-state index contributed by atoms with van der Waals surface area (Å²) in [6.45, 7) is 0.212. The van der Waals surface area contributed by atoms with E-state index in [2.05, 4.69) is 21.5 Å². The van der Waals surface area contributed by atoms with Crippen LogP contribution in [0.1, 0.15) is 10.5 Å². The molecule has 1 rings (SSSR count). The van der Waals surface area contributed by atoms with E-state index < -0.39 is 0 Å². The molecular formula is C7H8N4O. The summed E-state index contributed by atoms with van der Waals surface area (Å²) in [5, 5.41) is 9.65. The predicted molar refractivity (Wildman–Crippen MR) is 42.2 cm³/mol. The van der Waals surface area contributed by atoms with Crippen LogP contribution in [0.2, 0.25) is 0 Å². The number of nitrogens with one attached hydrogen (secondary N) is 1. The SMILES string of the molecule is C#CCNC(=O)c1cnnn1C. The zero-order chi connectivity index (χ0) is 8.97. The van der Waals surface area contributed by atoms with Gasteiger partial charge >= 0.3 is 0 Å². The molecule has 0 fully saturated rings. The topological polar surface area (TPSA) is 59.8 Å². The fraction of sp³-hybridized carbons (Fsp3) is 0.286. The molecule has 1 N–H and O–H groups in total. The molecule has 0 saturated carbocycles. The van der Waals surface area contributed by atoms with E-state index in [4.69, 9.17) is 6.42 Å². The van der Waals surface area contributed by atoms with Crippen LogP contribution < -0.4 is 5.32 Å². The van der Waals surface area contributed by atoms with Crippen molar-refractivity contribution in [3.63, 3.8) is 0 Å². The molecule has 0 spiro atoms. The minimum atomic E-state index is -0.263. The first kappa shape index (κ1) is 8.27. The Morgan fingerprint density at radius 1 is 1.92 bits per heavy atom. The van der Waals surface area contributed by atoms with E-state index in [1.165, 1.54) is 10.9 Å². The van der Waals surface area contributed by atoms with Crippen LogP contribution in [0.4, 0.5) is 0 Å². The van der Waals surface area contributed by atoms with E-state index in [-0.39, 0.29) is 12.5 Å². The lowest BCUT2D eigenvalue weighted by Gasteiger charge is -1.98. The summed E-state index contributed by atoms with van der Waals surface area (Å²) in [7, 11) is 1.64. The van der Waals surface area contributed by atoms with Crippen molar-refractivity contribution in [2.24, 2.45) is 7.05 Å². The molecule has 0 aliphatic carbocycles. The Balaban J connectivity index is 2.67. The van der Waals surface area contributed by atoms with Crippen molar-refractivity contribution < 1.29 is 4.79 Å². The Hall–Kier alpha value is -1.83. The Morgan fingerprint density at radius 3 is 3.17 bits per heavy atom. The zero-order valence-electron chi connectivity index (χ0n) is 6.61. The molecule has 0 aliphatic heterocycles. The summed E-state index contributed by atoms with van der Waals surface area (Å²) in [4.78, 5) is 11.2. The maximum atomic E-state index is 11.2. The molecule has 5 heteroatoms. The fourth-order valence-electron chi connectivity index (χ4n) is 0.717. The second kappa shape index (κ2) is 3.53. The lowest BCUT2D eigenvalue weighted by atomic mass is 10.4. The van der Waals surface area contributed by atoms with Gasteiger partial charge in [0.15, 0.2) is 0 Å². The first-order chi connectivity index (χ1) is 5.75. The molecule has 0 aliphatic rings. The van der Waals surface area contributed by atoms with Crippen LogP contribution in [0.3, 0.4) is 0 Å². The average molecular weight is 164 g/mol. The Labute approximate surface area is 69.8 Å². The van der Waals surface area contributed by atoms with E-state index in [0.717, 1.165) is 0 Å². The number of aryl methyl sites for hydroxylation is 1. The zero-order valence-corrected chi connectivity index (χ0v) is 6.61. The number of rotatable bonds is 2. The summed E-state index contributed by atoms with van der Waals surface area (Å²) in [6.07, 6.45) is 6.35. The quantitative estimate of drug-likeness (QED) is 0.581. The number of terminal acetylenes is 1. The number of carbonyl (C=O) groups is 1. The Morgan fingerprint density at radius 2 is 2.67 bits per heavy atom. The molecule has 5 nitrogen and oxygen atoms in total. The predicted octanol–water partition coefficient (Wildman–Crippen LogP) is -0.822. The third-order valence-electron chi connectivity index (χ3n) is 1.30. The minimum Gasteiger partial charge on any atom is -0.340 e. The van der Waals surface area contributed by atoms with Gasteiger partial charge in [0, 0.05) is 7.05 Å².